The van der Waals surface area contributed by atoms with Gasteiger partial charge in [0.15, 0.2) is 10.9 Å². The second kappa shape index (κ2) is 4.44. The van der Waals surface area contributed by atoms with Gasteiger partial charge >= 0.3 is 0 Å². The van der Waals surface area contributed by atoms with Gasteiger partial charge in [-0.05, 0) is 37.5 Å². The summed E-state index contributed by atoms with van der Waals surface area (Å²) >= 11 is 1.73. The van der Waals surface area contributed by atoms with Crippen LogP contribution in [-0.2, 0) is 7.05 Å². The van der Waals surface area contributed by atoms with Crippen molar-refractivity contribution in [1.29, 1.82) is 0 Å². The lowest BCUT2D eigenvalue weighted by Crippen LogP contribution is -2.08. The van der Waals surface area contributed by atoms with Crippen molar-refractivity contribution in [2.24, 2.45) is 18.9 Å². The number of rotatable bonds is 6. The first-order chi connectivity index (χ1) is 8.24. The van der Waals surface area contributed by atoms with Gasteiger partial charge in [0.25, 0.3) is 0 Å². The lowest BCUT2D eigenvalue weighted by molar-refractivity contribution is 0.0962. The third kappa shape index (κ3) is 2.70. The normalized spacial score (nSPS) is 19.6. The van der Waals surface area contributed by atoms with E-state index in [-0.39, 0.29) is 5.78 Å². The molecule has 0 radical (unpaired) electrons. The summed E-state index contributed by atoms with van der Waals surface area (Å²) in [6.07, 6.45) is 5.75. The topological polar surface area (TPSA) is 47.8 Å². The average Bonchev–Trinajstić information content (AvgIpc) is 3.19. The van der Waals surface area contributed by atoms with Gasteiger partial charge in [-0.15, -0.1) is 10.2 Å². The zero-order valence-electron chi connectivity index (χ0n) is 10.1. The van der Waals surface area contributed by atoms with Crippen LogP contribution in [0.5, 0.6) is 0 Å². The van der Waals surface area contributed by atoms with Crippen molar-refractivity contribution in [2.75, 3.05) is 5.75 Å². The van der Waals surface area contributed by atoms with Crippen LogP contribution in [0.3, 0.4) is 0 Å². The van der Waals surface area contributed by atoms with Gasteiger partial charge in [0.1, 0.15) is 0 Å². The Labute approximate surface area is 105 Å². The van der Waals surface area contributed by atoms with E-state index in [0.29, 0.717) is 18.2 Å². The van der Waals surface area contributed by atoms with Gasteiger partial charge in [-0.2, -0.15) is 0 Å². The van der Waals surface area contributed by atoms with E-state index < -0.39 is 0 Å². The van der Waals surface area contributed by atoms with Crippen molar-refractivity contribution in [3.63, 3.8) is 0 Å². The predicted molar refractivity (Wildman–Crippen MR) is 66.1 cm³/mol. The fourth-order valence-corrected chi connectivity index (χ4v) is 2.93. The van der Waals surface area contributed by atoms with Crippen LogP contribution in [-0.4, -0.2) is 26.3 Å². The maximum absolute atomic E-state index is 11.9. The van der Waals surface area contributed by atoms with E-state index in [2.05, 4.69) is 10.2 Å². The van der Waals surface area contributed by atoms with E-state index in [1.165, 1.54) is 25.7 Å². The monoisotopic (exact) mass is 251 g/mol. The van der Waals surface area contributed by atoms with Crippen LogP contribution in [0.25, 0.3) is 0 Å². The molecule has 1 aromatic rings. The molecule has 0 N–H and O–H groups in total. The van der Waals surface area contributed by atoms with Crippen LogP contribution < -0.4 is 0 Å². The van der Waals surface area contributed by atoms with E-state index in [4.69, 9.17) is 0 Å². The van der Waals surface area contributed by atoms with Crippen molar-refractivity contribution >= 4 is 17.5 Å². The van der Waals surface area contributed by atoms with Gasteiger partial charge < -0.3 is 4.57 Å². The van der Waals surface area contributed by atoms with Crippen molar-refractivity contribution in [2.45, 2.75) is 37.3 Å². The maximum Gasteiger partial charge on any atom is 0.200 e. The van der Waals surface area contributed by atoms with E-state index in [1.54, 1.807) is 11.8 Å². The highest BCUT2D eigenvalue weighted by molar-refractivity contribution is 7.99. The largest absolute Gasteiger partial charge is 0.303 e. The molecule has 0 spiro atoms. The van der Waals surface area contributed by atoms with E-state index >= 15 is 0 Å². The Morgan fingerprint density at radius 1 is 1.29 bits per heavy atom. The molecule has 2 fully saturated rings. The molecule has 0 amide bonds. The van der Waals surface area contributed by atoms with Crippen molar-refractivity contribution < 1.29 is 4.79 Å². The number of carbonyl (C=O) groups is 1. The third-order valence-electron chi connectivity index (χ3n) is 3.40. The average molecular weight is 251 g/mol. The molecule has 0 aromatic carbocycles. The van der Waals surface area contributed by atoms with E-state index in [0.717, 1.165) is 16.8 Å². The molecule has 0 unspecified atom stereocenters. The summed E-state index contributed by atoms with van der Waals surface area (Å²) in [6, 6.07) is 0. The Balaban J connectivity index is 1.64. The number of carbonyl (C=O) groups excluding carboxylic acids is 1. The summed E-state index contributed by atoms with van der Waals surface area (Å²) in [5, 5.41) is 9.04. The zero-order chi connectivity index (χ0) is 11.8. The Kier molecular flexibility index (Phi) is 2.94. The first kappa shape index (κ1) is 11.3. The summed E-state index contributed by atoms with van der Waals surface area (Å²) in [5.41, 5.74) is 0. The van der Waals surface area contributed by atoms with Crippen molar-refractivity contribution in [3.05, 3.63) is 5.82 Å². The van der Waals surface area contributed by atoms with Crippen LogP contribution in [0.4, 0.5) is 0 Å². The molecule has 2 aliphatic carbocycles. The molecule has 4 nitrogen and oxygen atoms in total. The molecule has 1 aromatic heterocycles. The molecular formula is C12H17N3OS. The minimum absolute atomic E-state index is 0.153. The quantitative estimate of drug-likeness (QED) is 0.575. The molecular weight excluding hydrogens is 234 g/mol. The summed E-state index contributed by atoms with van der Waals surface area (Å²) in [7, 11) is 1.90. The lowest BCUT2D eigenvalue weighted by atomic mass is 10.2. The fraction of sp³-hybridized carbons (Fsp3) is 0.750. The molecule has 1 heterocycles. The van der Waals surface area contributed by atoms with Crippen LogP contribution in [0, 0.1) is 11.8 Å². The van der Waals surface area contributed by atoms with Crippen molar-refractivity contribution in [3.8, 4) is 0 Å². The first-order valence-corrected chi connectivity index (χ1v) is 7.28. The number of thioether (sulfide) groups is 1. The summed E-state index contributed by atoms with van der Waals surface area (Å²) < 4.78 is 1.86. The van der Waals surface area contributed by atoms with Gasteiger partial charge in [0.2, 0.25) is 5.82 Å². The number of hydrogen-bond acceptors (Lipinski definition) is 4. The summed E-state index contributed by atoms with van der Waals surface area (Å²) in [5.74, 6) is 3.28. The highest BCUT2D eigenvalue weighted by Gasteiger charge is 2.28. The maximum atomic E-state index is 11.9. The smallest absolute Gasteiger partial charge is 0.200 e. The molecule has 5 heteroatoms. The van der Waals surface area contributed by atoms with Gasteiger partial charge in [-0.1, -0.05) is 11.8 Å². The summed E-state index contributed by atoms with van der Waals surface area (Å²) in [6.45, 7) is 0. The van der Waals surface area contributed by atoms with Crippen LogP contribution in [0.1, 0.15) is 42.7 Å². The molecule has 2 aliphatic rings. The SMILES string of the molecule is Cn1c(SCC2CC2)nnc1C(=O)CC1CC1. The number of Topliss-reactive ketones (excluding diaryl/α,β-unsaturated/α-hetero) is 1. The number of ketones is 1. The standard InChI is InChI=1S/C12H17N3OS/c1-15-11(10(16)6-8-2-3-8)13-14-12(15)17-7-9-4-5-9/h8-9H,2-7H2,1H3. The Morgan fingerprint density at radius 3 is 2.65 bits per heavy atom. The zero-order valence-corrected chi connectivity index (χ0v) is 10.9. The van der Waals surface area contributed by atoms with E-state index in [1.807, 2.05) is 11.6 Å². The molecule has 17 heavy (non-hydrogen) atoms. The summed E-state index contributed by atoms with van der Waals surface area (Å²) in [4.78, 5) is 11.9. The molecule has 2 saturated carbocycles. The van der Waals surface area contributed by atoms with E-state index in [9.17, 15) is 4.79 Å². The highest BCUT2D eigenvalue weighted by atomic mass is 32.2. The Bertz CT molecular complexity index is 435. The van der Waals surface area contributed by atoms with Gasteiger partial charge in [-0.3, -0.25) is 4.79 Å². The van der Waals surface area contributed by atoms with Crippen LogP contribution in [0.15, 0.2) is 5.16 Å². The molecule has 0 saturated heterocycles. The van der Waals surface area contributed by atoms with Gasteiger partial charge in [-0.25, -0.2) is 0 Å². The van der Waals surface area contributed by atoms with Gasteiger partial charge in [0.05, 0.1) is 0 Å². The highest BCUT2D eigenvalue weighted by Crippen LogP contribution is 2.35. The minimum Gasteiger partial charge on any atom is -0.303 e. The Morgan fingerprint density at radius 2 is 2.00 bits per heavy atom. The first-order valence-electron chi connectivity index (χ1n) is 6.29. The second-order valence-electron chi connectivity index (χ2n) is 5.19. The predicted octanol–water partition coefficient (Wildman–Crippen LogP) is 2.30. The molecule has 0 aliphatic heterocycles. The second-order valence-corrected chi connectivity index (χ2v) is 6.18. The fourth-order valence-electron chi connectivity index (χ4n) is 1.84. The van der Waals surface area contributed by atoms with Gasteiger partial charge in [0, 0.05) is 19.2 Å². The molecule has 0 bridgehead atoms. The van der Waals surface area contributed by atoms with Crippen LogP contribution >= 0.6 is 11.8 Å². The number of hydrogen-bond donors (Lipinski definition) is 0. The molecule has 92 valence electrons. The molecule has 3 rings (SSSR count). The number of nitrogens with zero attached hydrogens (tertiary/aromatic N) is 3. The third-order valence-corrected chi connectivity index (χ3v) is 4.65. The van der Waals surface area contributed by atoms with Crippen LogP contribution in [0.2, 0.25) is 0 Å². The lowest BCUT2D eigenvalue weighted by Gasteiger charge is -2.02. The Hall–Kier alpha value is -0.840. The number of aromatic nitrogens is 3. The van der Waals surface area contributed by atoms with Crippen molar-refractivity contribution in [1.82, 2.24) is 14.8 Å². The molecule has 0 atom stereocenters. The minimum atomic E-state index is 0.153.